The summed E-state index contributed by atoms with van der Waals surface area (Å²) in [6.45, 7) is 4.73. The van der Waals surface area contributed by atoms with Crippen LogP contribution in [-0.2, 0) is 0 Å². The quantitative estimate of drug-likeness (QED) is 0.827. The summed E-state index contributed by atoms with van der Waals surface area (Å²) in [5, 5.41) is 12.5. The number of aliphatic hydroxyl groups is 1. The summed E-state index contributed by atoms with van der Waals surface area (Å²) in [6, 6.07) is 9.14. The maximum absolute atomic E-state index is 9.07. The average Bonchev–Trinajstić information content (AvgIpc) is 2.90. The van der Waals surface area contributed by atoms with Gasteiger partial charge in [0.05, 0.1) is 0 Å². The van der Waals surface area contributed by atoms with Gasteiger partial charge in [-0.3, -0.25) is 0 Å². The number of aliphatic hydroxyl groups excluding tert-OH is 1. The number of rotatable bonds is 6. The average molecular weight is 262 g/mol. The first kappa shape index (κ1) is 14.4. The zero-order valence-corrected chi connectivity index (χ0v) is 12.1. The molecule has 2 rings (SSSR count). The minimum atomic E-state index is 0.314. The van der Waals surface area contributed by atoms with Crippen LogP contribution in [0.1, 0.15) is 37.8 Å². The monoisotopic (exact) mass is 262 g/mol. The van der Waals surface area contributed by atoms with Crippen LogP contribution in [0.5, 0.6) is 0 Å². The summed E-state index contributed by atoms with van der Waals surface area (Å²) < 4.78 is 0. The van der Waals surface area contributed by atoms with Crippen LogP contribution < -0.4 is 10.2 Å². The Labute approximate surface area is 116 Å². The molecule has 2 unspecified atom stereocenters. The van der Waals surface area contributed by atoms with Crippen molar-refractivity contribution in [1.29, 1.82) is 0 Å². The fourth-order valence-electron chi connectivity index (χ4n) is 3.12. The van der Waals surface area contributed by atoms with E-state index in [0.717, 1.165) is 25.9 Å². The fraction of sp³-hybridized carbons (Fsp3) is 0.625. The van der Waals surface area contributed by atoms with Gasteiger partial charge in [0.25, 0.3) is 0 Å². The van der Waals surface area contributed by atoms with Gasteiger partial charge in [-0.1, -0.05) is 25.1 Å². The van der Waals surface area contributed by atoms with Crippen LogP contribution in [0.15, 0.2) is 24.3 Å². The largest absolute Gasteiger partial charge is 0.396 e. The Morgan fingerprint density at radius 2 is 2.21 bits per heavy atom. The van der Waals surface area contributed by atoms with E-state index in [0.29, 0.717) is 18.6 Å². The van der Waals surface area contributed by atoms with Crippen molar-refractivity contribution in [3.8, 4) is 0 Å². The van der Waals surface area contributed by atoms with E-state index >= 15 is 0 Å². The van der Waals surface area contributed by atoms with Crippen LogP contribution in [0.25, 0.3) is 0 Å². The Hall–Kier alpha value is -1.06. The zero-order chi connectivity index (χ0) is 13.7. The lowest BCUT2D eigenvalue weighted by Crippen LogP contribution is -2.24. The van der Waals surface area contributed by atoms with Crippen LogP contribution in [0.3, 0.4) is 0 Å². The molecule has 0 spiro atoms. The first-order chi connectivity index (χ1) is 9.30. The Morgan fingerprint density at radius 1 is 1.42 bits per heavy atom. The number of para-hydroxylation sites is 1. The standard InChI is InChI=1S/C16H26N2O/c1-3-15(17-2)14-6-4-5-7-16(14)18-10-8-13(12-18)9-11-19/h4-7,13,15,17,19H,3,8-12H2,1-2H3. The van der Waals surface area contributed by atoms with Gasteiger partial charge in [-0.2, -0.15) is 0 Å². The van der Waals surface area contributed by atoms with Crippen LogP contribution in [0, 0.1) is 5.92 Å². The van der Waals surface area contributed by atoms with Gasteiger partial charge in [0.1, 0.15) is 0 Å². The molecule has 0 aliphatic carbocycles. The van der Waals surface area contributed by atoms with Gasteiger partial charge >= 0.3 is 0 Å². The molecule has 1 saturated heterocycles. The molecule has 0 amide bonds. The molecule has 0 radical (unpaired) electrons. The number of nitrogens with one attached hydrogen (secondary N) is 1. The summed E-state index contributed by atoms with van der Waals surface area (Å²) in [7, 11) is 2.03. The summed E-state index contributed by atoms with van der Waals surface area (Å²) in [4.78, 5) is 2.48. The second-order valence-electron chi connectivity index (χ2n) is 5.42. The van der Waals surface area contributed by atoms with Crippen molar-refractivity contribution in [3.05, 3.63) is 29.8 Å². The van der Waals surface area contributed by atoms with Crippen molar-refractivity contribution in [2.45, 2.75) is 32.2 Å². The van der Waals surface area contributed by atoms with E-state index in [9.17, 15) is 0 Å². The van der Waals surface area contributed by atoms with Crippen molar-refractivity contribution < 1.29 is 5.11 Å². The topological polar surface area (TPSA) is 35.5 Å². The molecular formula is C16H26N2O. The molecule has 2 N–H and O–H groups in total. The number of nitrogens with zero attached hydrogens (tertiary/aromatic N) is 1. The van der Waals surface area contributed by atoms with Crippen LogP contribution in [-0.4, -0.2) is 31.9 Å². The van der Waals surface area contributed by atoms with Gasteiger partial charge in [-0.15, -0.1) is 0 Å². The third kappa shape index (κ3) is 3.28. The molecule has 1 aromatic rings. The number of hydrogen-bond donors (Lipinski definition) is 2. The van der Waals surface area contributed by atoms with E-state index < -0.39 is 0 Å². The van der Waals surface area contributed by atoms with Crippen molar-refractivity contribution in [2.24, 2.45) is 5.92 Å². The molecule has 1 fully saturated rings. The van der Waals surface area contributed by atoms with E-state index in [4.69, 9.17) is 5.11 Å². The van der Waals surface area contributed by atoms with Crippen molar-refractivity contribution in [2.75, 3.05) is 31.6 Å². The molecule has 0 aromatic heterocycles. The van der Waals surface area contributed by atoms with E-state index in [1.807, 2.05) is 7.05 Å². The van der Waals surface area contributed by atoms with Gasteiger partial charge in [0, 0.05) is 31.4 Å². The molecule has 1 aliphatic heterocycles. The second-order valence-corrected chi connectivity index (χ2v) is 5.42. The highest BCUT2D eigenvalue weighted by Gasteiger charge is 2.24. The SMILES string of the molecule is CCC(NC)c1ccccc1N1CCC(CCO)C1. The van der Waals surface area contributed by atoms with Crippen LogP contribution >= 0.6 is 0 Å². The van der Waals surface area contributed by atoms with Crippen LogP contribution in [0.2, 0.25) is 0 Å². The molecule has 1 aromatic carbocycles. The zero-order valence-electron chi connectivity index (χ0n) is 12.1. The minimum Gasteiger partial charge on any atom is -0.396 e. The van der Waals surface area contributed by atoms with E-state index in [1.54, 1.807) is 0 Å². The highest BCUT2D eigenvalue weighted by molar-refractivity contribution is 5.55. The third-order valence-electron chi connectivity index (χ3n) is 4.23. The van der Waals surface area contributed by atoms with Gasteiger partial charge in [0.2, 0.25) is 0 Å². The lowest BCUT2D eigenvalue weighted by Gasteiger charge is -2.26. The predicted molar refractivity (Wildman–Crippen MR) is 80.6 cm³/mol. The molecule has 106 valence electrons. The molecular weight excluding hydrogens is 236 g/mol. The molecule has 3 nitrogen and oxygen atoms in total. The molecule has 0 saturated carbocycles. The van der Waals surface area contributed by atoms with Crippen molar-refractivity contribution in [3.63, 3.8) is 0 Å². The molecule has 3 heteroatoms. The summed E-state index contributed by atoms with van der Waals surface area (Å²) >= 11 is 0. The summed E-state index contributed by atoms with van der Waals surface area (Å²) in [6.07, 6.45) is 3.23. The number of benzene rings is 1. The first-order valence-electron chi connectivity index (χ1n) is 7.42. The second kappa shape index (κ2) is 6.92. The Kier molecular flexibility index (Phi) is 5.23. The maximum atomic E-state index is 9.07. The van der Waals surface area contributed by atoms with Crippen LogP contribution in [0.4, 0.5) is 5.69 Å². The highest BCUT2D eigenvalue weighted by Crippen LogP contribution is 2.32. The van der Waals surface area contributed by atoms with Gasteiger partial charge in [-0.25, -0.2) is 0 Å². The minimum absolute atomic E-state index is 0.314. The van der Waals surface area contributed by atoms with E-state index in [2.05, 4.69) is 41.4 Å². The number of anilines is 1. The molecule has 0 bridgehead atoms. The highest BCUT2D eigenvalue weighted by atomic mass is 16.3. The number of hydrogen-bond acceptors (Lipinski definition) is 3. The normalized spacial score (nSPS) is 20.8. The maximum Gasteiger partial charge on any atom is 0.0434 e. The molecule has 2 atom stereocenters. The predicted octanol–water partition coefficient (Wildman–Crippen LogP) is 2.57. The lowest BCUT2D eigenvalue weighted by molar-refractivity contribution is 0.263. The van der Waals surface area contributed by atoms with E-state index in [1.165, 1.54) is 17.7 Å². The fourth-order valence-corrected chi connectivity index (χ4v) is 3.12. The lowest BCUT2D eigenvalue weighted by atomic mass is 10.0. The Bertz CT molecular complexity index is 390. The summed E-state index contributed by atoms with van der Waals surface area (Å²) in [5.41, 5.74) is 2.77. The Morgan fingerprint density at radius 3 is 2.89 bits per heavy atom. The summed E-state index contributed by atoms with van der Waals surface area (Å²) in [5.74, 6) is 0.646. The van der Waals surface area contributed by atoms with E-state index in [-0.39, 0.29) is 0 Å². The molecule has 19 heavy (non-hydrogen) atoms. The van der Waals surface area contributed by atoms with Gasteiger partial charge in [-0.05, 0) is 43.9 Å². The van der Waals surface area contributed by atoms with Crippen molar-refractivity contribution >= 4 is 5.69 Å². The first-order valence-corrected chi connectivity index (χ1v) is 7.42. The molecule has 1 heterocycles. The Balaban J connectivity index is 2.16. The van der Waals surface area contributed by atoms with Gasteiger partial charge in [0.15, 0.2) is 0 Å². The third-order valence-corrected chi connectivity index (χ3v) is 4.23. The smallest absolute Gasteiger partial charge is 0.0434 e. The van der Waals surface area contributed by atoms with Gasteiger partial charge < -0.3 is 15.3 Å². The van der Waals surface area contributed by atoms with Crippen molar-refractivity contribution in [1.82, 2.24) is 5.32 Å². The molecule has 1 aliphatic rings.